The van der Waals surface area contributed by atoms with E-state index in [1.165, 1.54) is 11.0 Å². The second kappa shape index (κ2) is 24.1. The van der Waals surface area contributed by atoms with Gasteiger partial charge in [0.15, 0.2) is 31.7 Å². The van der Waals surface area contributed by atoms with Crippen LogP contribution in [0.1, 0.15) is 57.8 Å². The zero-order chi connectivity index (χ0) is 46.9. The Bertz CT molecular complexity index is 2190. The number of unbranched alkanes of at least 4 members (excludes halogenated alkanes) is 1. The van der Waals surface area contributed by atoms with Gasteiger partial charge >= 0.3 is 23.9 Å². The lowest BCUT2D eigenvalue weighted by atomic mass is 10.1. The number of esters is 4. The number of carbonyl (C=O) groups excluding carboxylic acids is 6. The molecule has 2 heterocycles. The van der Waals surface area contributed by atoms with Crippen molar-refractivity contribution in [3.8, 4) is 17.4 Å². The van der Waals surface area contributed by atoms with Crippen molar-refractivity contribution in [2.24, 2.45) is 5.14 Å². The molecular weight excluding hydrogens is 883 g/mol. The van der Waals surface area contributed by atoms with Gasteiger partial charge in [0, 0.05) is 32.1 Å². The van der Waals surface area contributed by atoms with Crippen molar-refractivity contribution in [2.45, 2.75) is 64.0 Å². The fourth-order valence-electron chi connectivity index (χ4n) is 5.75. The van der Waals surface area contributed by atoms with Crippen LogP contribution >= 0.6 is 11.7 Å². The van der Waals surface area contributed by atoms with Crippen LogP contribution in [0.25, 0.3) is 0 Å². The SMILES string of the molecule is CCCCNc1cc(C(=O)OCC(=O)NCC(=O)OCC(=O)N(C[C@@H](COc2nsnc2N2CCOCC2)OC(=O)COC(C)=O)C(C)(C)C)cc(S(N)(=O)=O)c1Oc1ccccc1. The van der Waals surface area contributed by atoms with Crippen LogP contribution < -0.4 is 30.1 Å². The molecule has 64 heavy (non-hydrogen) atoms. The molecule has 3 aromatic rings. The Balaban J connectivity index is 1.35. The van der Waals surface area contributed by atoms with Crippen molar-refractivity contribution in [1.82, 2.24) is 19.0 Å². The third kappa shape index (κ3) is 16.2. The molecule has 1 aliphatic rings. The number of para-hydroxylation sites is 1. The highest BCUT2D eigenvalue weighted by molar-refractivity contribution is 7.89. The number of ether oxygens (including phenoxy) is 7. The Labute approximate surface area is 374 Å². The standard InChI is InChI=1S/C40H53N7O15S2/c1-6-7-13-42-30-18-27(19-31(64(41,54)55)36(30)62-28-11-9-8-10-12-28)39(53)60-23-32(49)43-20-34(51)58-24-33(50)47(40(3,4)5)21-29(61-35(52)25-57-26(2)48)22-59-38-37(44-63-45-38)46-14-16-56-17-15-46/h8-12,18-19,29,42H,6-7,13-17,20-25H2,1-5H3,(H,43,49)(H2,41,54,55)/t29-/m0/s1. The van der Waals surface area contributed by atoms with Gasteiger partial charge in [-0.1, -0.05) is 31.5 Å². The first kappa shape index (κ1) is 50.5. The average molecular weight is 936 g/mol. The molecule has 350 valence electrons. The summed E-state index contributed by atoms with van der Waals surface area (Å²) in [7, 11) is -4.45. The number of nitrogens with zero attached hydrogens (tertiary/aromatic N) is 4. The molecule has 2 amide bonds. The summed E-state index contributed by atoms with van der Waals surface area (Å²) < 4.78 is 71.7. The topological polar surface area (TPSA) is 284 Å². The predicted octanol–water partition coefficient (Wildman–Crippen LogP) is 2.02. The number of rotatable bonds is 23. The number of nitrogens with one attached hydrogen (secondary N) is 2. The fraction of sp³-hybridized carbons (Fsp3) is 0.500. The number of primary sulfonamides is 1. The van der Waals surface area contributed by atoms with E-state index < -0.39 is 88.6 Å². The number of nitrogens with two attached hydrogens (primary N) is 1. The van der Waals surface area contributed by atoms with E-state index >= 15 is 0 Å². The van der Waals surface area contributed by atoms with E-state index in [9.17, 15) is 37.2 Å². The molecule has 1 atom stereocenters. The minimum atomic E-state index is -4.45. The van der Waals surface area contributed by atoms with Gasteiger partial charge in [-0.15, -0.1) is 4.37 Å². The number of hydrogen-bond acceptors (Lipinski definition) is 20. The minimum Gasteiger partial charge on any atom is -0.470 e. The Morgan fingerprint density at radius 3 is 2.34 bits per heavy atom. The number of morpholine rings is 1. The molecule has 22 nitrogen and oxygen atoms in total. The van der Waals surface area contributed by atoms with Crippen molar-refractivity contribution in [3.63, 3.8) is 0 Å². The zero-order valence-corrected chi connectivity index (χ0v) is 37.8. The number of carbonyl (C=O) groups is 6. The molecule has 1 saturated heterocycles. The number of aromatic nitrogens is 2. The summed E-state index contributed by atoms with van der Waals surface area (Å²) in [5.74, 6) is -4.52. The lowest BCUT2D eigenvalue weighted by Gasteiger charge is -2.37. The lowest BCUT2D eigenvalue weighted by molar-refractivity contribution is -0.166. The van der Waals surface area contributed by atoms with E-state index in [4.69, 9.17) is 38.3 Å². The summed E-state index contributed by atoms with van der Waals surface area (Å²) in [6, 6.07) is 10.6. The van der Waals surface area contributed by atoms with E-state index in [0.29, 0.717) is 50.8 Å². The first-order valence-corrected chi connectivity index (χ1v) is 22.3. The average Bonchev–Trinajstić information content (AvgIpc) is 3.73. The zero-order valence-electron chi connectivity index (χ0n) is 36.1. The normalized spacial score (nSPS) is 13.2. The van der Waals surface area contributed by atoms with Crippen LogP contribution in [-0.4, -0.2) is 142 Å². The van der Waals surface area contributed by atoms with E-state index in [1.54, 1.807) is 51.1 Å². The largest absolute Gasteiger partial charge is 0.470 e. The predicted molar refractivity (Wildman–Crippen MR) is 228 cm³/mol. The third-order valence-corrected chi connectivity index (χ3v) is 10.3. The van der Waals surface area contributed by atoms with Gasteiger partial charge in [-0.3, -0.25) is 19.2 Å². The van der Waals surface area contributed by atoms with Crippen LogP contribution in [0.2, 0.25) is 0 Å². The Hall–Kier alpha value is -6.11. The molecular formula is C40H53N7O15S2. The summed E-state index contributed by atoms with van der Waals surface area (Å²) in [5.41, 5.74) is -1.04. The molecule has 0 spiro atoms. The number of benzene rings is 2. The van der Waals surface area contributed by atoms with Gasteiger partial charge in [0.05, 0.1) is 42.7 Å². The summed E-state index contributed by atoms with van der Waals surface area (Å²) in [6.07, 6.45) is 0.381. The Morgan fingerprint density at radius 2 is 1.69 bits per heavy atom. The lowest BCUT2D eigenvalue weighted by Crippen LogP contribution is -2.52. The van der Waals surface area contributed by atoms with Crippen LogP contribution in [0.4, 0.5) is 11.5 Å². The number of anilines is 2. The van der Waals surface area contributed by atoms with Crippen molar-refractivity contribution in [3.05, 3.63) is 48.0 Å². The van der Waals surface area contributed by atoms with Crippen LogP contribution in [0.15, 0.2) is 47.4 Å². The molecule has 0 bridgehead atoms. The molecule has 24 heteroatoms. The van der Waals surface area contributed by atoms with Gasteiger partial charge in [0.25, 0.3) is 17.7 Å². The van der Waals surface area contributed by atoms with Crippen molar-refractivity contribution in [1.29, 1.82) is 0 Å². The maximum Gasteiger partial charge on any atom is 0.344 e. The van der Waals surface area contributed by atoms with Crippen LogP contribution in [0.3, 0.4) is 0 Å². The Kier molecular flexibility index (Phi) is 19.0. The quantitative estimate of drug-likeness (QED) is 0.0696. The molecule has 4 rings (SSSR count). The minimum absolute atomic E-state index is 0.137. The van der Waals surface area contributed by atoms with Crippen LogP contribution in [0.5, 0.6) is 17.4 Å². The summed E-state index contributed by atoms with van der Waals surface area (Å²) in [5, 5.41) is 10.8. The van der Waals surface area contributed by atoms with Crippen LogP contribution in [-0.2, 0) is 57.7 Å². The van der Waals surface area contributed by atoms with Crippen molar-refractivity contribution >= 4 is 68.9 Å². The first-order chi connectivity index (χ1) is 30.3. The van der Waals surface area contributed by atoms with Gasteiger partial charge in [-0.05, 0) is 51.5 Å². The maximum absolute atomic E-state index is 13.5. The van der Waals surface area contributed by atoms with E-state index in [0.717, 1.165) is 31.1 Å². The number of hydrogen-bond donors (Lipinski definition) is 3. The summed E-state index contributed by atoms with van der Waals surface area (Å²) >= 11 is 0.920. The van der Waals surface area contributed by atoms with Gasteiger partial charge < -0.3 is 53.6 Å². The van der Waals surface area contributed by atoms with Gasteiger partial charge in [0.1, 0.15) is 23.8 Å². The molecule has 0 unspecified atom stereocenters. The monoisotopic (exact) mass is 935 g/mol. The third-order valence-electron chi connectivity index (χ3n) is 8.87. The van der Waals surface area contributed by atoms with Crippen molar-refractivity contribution < 1.29 is 70.3 Å². The molecule has 0 saturated carbocycles. The van der Waals surface area contributed by atoms with E-state index in [1.807, 2.05) is 11.8 Å². The molecule has 4 N–H and O–H groups in total. The number of sulfonamides is 1. The highest BCUT2D eigenvalue weighted by Gasteiger charge is 2.33. The summed E-state index contributed by atoms with van der Waals surface area (Å²) in [4.78, 5) is 78.6. The van der Waals surface area contributed by atoms with E-state index in [2.05, 4.69) is 19.4 Å². The molecule has 0 radical (unpaired) electrons. The summed E-state index contributed by atoms with van der Waals surface area (Å²) in [6.45, 7) is 7.03. The molecule has 2 aromatic carbocycles. The second-order valence-corrected chi connectivity index (χ2v) is 17.0. The van der Waals surface area contributed by atoms with Crippen molar-refractivity contribution in [2.75, 3.05) is 82.6 Å². The smallest absolute Gasteiger partial charge is 0.344 e. The van der Waals surface area contributed by atoms with E-state index in [-0.39, 0.29) is 36.0 Å². The first-order valence-electron chi connectivity index (χ1n) is 20.0. The molecule has 0 aliphatic carbocycles. The molecule has 1 aliphatic heterocycles. The fourth-order valence-corrected chi connectivity index (χ4v) is 6.97. The Morgan fingerprint density at radius 1 is 0.969 bits per heavy atom. The van der Waals surface area contributed by atoms with Crippen LogP contribution in [0, 0.1) is 0 Å². The number of amides is 2. The maximum atomic E-state index is 13.5. The highest BCUT2D eigenvalue weighted by Crippen LogP contribution is 2.37. The van der Waals surface area contributed by atoms with Gasteiger partial charge in [-0.25, -0.2) is 23.1 Å². The van der Waals surface area contributed by atoms with Gasteiger partial charge in [0.2, 0.25) is 15.8 Å². The van der Waals surface area contributed by atoms with Gasteiger partial charge in [-0.2, -0.15) is 4.37 Å². The second-order valence-electron chi connectivity index (χ2n) is 15.0. The molecule has 1 fully saturated rings. The molecule has 1 aromatic heterocycles. The highest BCUT2D eigenvalue weighted by atomic mass is 32.2.